The van der Waals surface area contributed by atoms with E-state index in [2.05, 4.69) is 15.8 Å². The van der Waals surface area contributed by atoms with Gasteiger partial charge in [-0.2, -0.15) is 0 Å². The quantitative estimate of drug-likeness (QED) is 0.711. The van der Waals surface area contributed by atoms with Crippen LogP contribution in [0.1, 0.15) is 34.5 Å². The van der Waals surface area contributed by atoms with Crippen LogP contribution in [0.25, 0.3) is 0 Å². The Hall–Kier alpha value is -3.69. The van der Waals surface area contributed by atoms with Gasteiger partial charge in [-0.3, -0.25) is 24.5 Å². The van der Waals surface area contributed by atoms with Crippen molar-refractivity contribution in [2.24, 2.45) is 0 Å². The van der Waals surface area contributed by atoms with Crippen LogP contribution in [-0.4, -0.2) is 46.3 Å². The summed E-state index contributed by atoms with van der Waals surface area (Å²) in [6, 6.07) is 5.79. The highest BCUT2D eigenvalue weighted by atomic mass is 16.5. The molecule has 2 aromatic rings. The molecule has 29 heavy (non-hydrogen) atoms. The smallest absolute Gasteiger partial charge is 0.263 e. The van der Waals surface area contributed by atoms with Gasteiger partial charge in [-0.25, -0.2) is 0 Å². The van der Waals surface area contributed by atoms with Crippen LogP contribution in [0.2, 0.25) is 0 Å². The Labute approximate surface area is 165 Å². The molecule has 10 heteroatoms. The van der Waals surface area contributed by atoms with Crippen LogP contribution < -0.4 is 15.4 Å². The number of imide groups is 1. The molecular formula is C19H18N4O6. The molecule has 2 aliphatic rings. The Bertz CT molecular complexity index is 1010. The zero-order chi connectivity index (χ0) is 20.5. The summed E-state index contributed by atoms with van der Waals surface area (Å²) in [4.78, 5) is 49.5. The Morgan fingerprint density at radius 3 is 2.90 bits per heavy atom. The standard InChI is InChI=1S/C19H18N4O6/c1-10-6-15(22-29-10)20-17(25)9-28-12-2-3-13-11(7-12)8-23(19(13)27)14-4-5-16(24)21-18(14)26/h2-3,6-7,14H,4-5,8-9H2,1H3,(H,20,22,25)(H,21,24,26). The highest BCUT2D eigenvalue weighted by Crippen LogP contribution is 2.30. The molecule has 10 nitrogen and oxygen atoms in total. The Kier molecular flexibility index (Phi) is 4.75. The minimum absolute atomic E-state index is 0.199. The third-order valence-corrected chi connectivity index (χ3v) is 4.76. The van der Waals surface area contributed by atoms with E-state index >= 15 is 0 Å². The van der Waals surface area contributed by atoms with Crippen molar-refractivity contribution in [1.82, 2.24) is 15.4 Å². The number of hydrogen-bond donors (Lipinski definition) is 2. The van der Waals surface area contributed by atoms with Crippen LogP contribution >= 0.6 is 0 Å². The Morgan fingerprint density at radius 2 is 2.17 bits per heavy atom. The number of hydrogen-bond acceptors (Lipinski definition) is 7. The van der Waals surface area contributed by atoms with Crippen LogP contribution in [0.3, 0.4) is 0 Å². The number of piperidine rings is 1. The van der Waals surface area contributed by atoms with E-state index in [1.807, 2.05) is 0 Å². The van der Waals surface area contributed by atoms with Crippen molar-refractivity contribution in [1.29, 1.82) is 0 Å². The number of benzene rings is 1. The molecule has 0 bridgehead atoms. The highest BCUT2D eigenvalue weighted by molar-refractivity contribution is 6.05. The van der Waals surface area contributed by atoms with Crippen LogP contribution in [0.4, 0.5) is 5.82 Å². The first kappa shape index (κ1) is 18.7. The normalized spacial score (nSPS) is 18.4. The van der Waals surface area contributed by atoms with E-state index in [9.17, 15) is 19.2 Å². The lowest BCUT2D eigenvalue weighted by Gasteiger charge is -2.29. The van der Waals surface area contributed by atoms with Crippen LogP contribution in [0.5, 0.6) is 5.75 Å². The number of rotatable bonds is 5. The van der Waals surface area contributed by atoms with Gasteiger partial charge in [-0.05, 0) is 37.1 Å². The van der Waals surface area contributed by atoms with Crippen molar-refractivity contribution in [2.45, 2.75) is 32.4 Å². The van der Waals surface area contributed by atoms with Crippen molar-refractivity contribution in [2.75, 3.05) is 11.9 Å². The van der Waals surface area contributed by atoms with Crippen LogP contribution in [-0.2, 0) is 20.9 Å². The Balaban J connectivity index is 1.39. The fraction of sp³-hybridized carbons (Fsp3) is 0.316. The van der Waals surface area contributed by atoms with E-state index in [1.165, 1.54) is 4.90 Å². The van der Waals surface area contributed by atoms with Crippen molar-refractivity contribution in [3.63, 3.8) is 0 Å². The lowest BCUT2D eigenvalue weighted by molar-refractivity contribution is -0.137. The van der Waals surface area contributed by atoms with Gasteiger partial charge < -0.3 is 19.5 Å². The average Bonchev–Trinajstić information content (AvgIpc) is 3.23. The van der Waals surface area contributed by atoms with Gasteiger partial charge in [-0.15, -0.1) is 0 Å². The van der Waals surface area contributed by atoms with Gasteiger partial charge in [0.05, 0.1) is 0 Å². The largest absolute Gasteiger partial charge is 0.484 e. The lowest BCUT2D eigenvalue weighted by Crippen LogP contribution is -2.52. The molecule has 1 aromatic carbocycles. The summed E-state index contributed by atoms with van der Waals surface area (Å²) in [5.74, 6) is -0.155. The fourth-order valence-electron chi connectivity index (χ4n) is 3.39. The second-order valence-corrected chi connectivity index (χ2v) is 6.88. The monoisotopic (exact) mass is 398 g/mol. The minimum Gasteiger partial charge on any atom is -0.484 e. The van der Waals surface area contributed by atoms with Gasteiger partial charge in [0.15, 0.2) is 12.4 Å². The minimum atomic E-state index is -0.673. The molecule has 4 rings (SSSR count). The van der Waals surface area contributed by atoms with E-state index < -0.39 is 17.9 Å². The van der Waals surface area contributed by atoms with E-state index in [0.717, 1.165) is 0 Å². The molecule has 0 aliphatic carbocycles. The summed E-state index contributed by atoms with van der Waals surface area (Å²) in [6.45, 7) is 1.71. The predicted molar refractivity (Wildman–Crippen MR) is 97.9 cm³/mol. The Morgan fingerprint density at radius 1 is 1.34 bits per heavy atom. The number of nitrogens with one attached hydrogen (secondary N) is 2. The maximum atomic E-state index is 12.6. The van der Waals surface area contributed by atoms with Crippen LogP contribution in [0.15, 0.2) is 28.8 Å². The van der Waals surface area contributed by atoms with Crippen molar-refractivity contribution < 1.29 is 28.4 Å². The summed E-state index contributed by atoms with van der Waals surface area (Å²) in [6.07, 6.45) is 0.500. The van der Waals surface area contributed by atoms with Gasteiger partial charge in [0.2, 0.25) is 11.8 Å². The highest BCUT2D eigenvalue weighted by Gasteiger charge is 2.39. The first-order valence-corrected chi connectivity index (χ1v) is 9.04. The zero-order valence-electron chi connectivity index (χ0n) is 15.6. The molecule has 1 unspecified atom stereocenters. The molecule has 2 aliphatic heterocycles. The van der Waals surface area contributed by atoms with Crippen LogP contribution in [0, 0.1) is 6.92 Å². The third kappa shape index (κ3) is 3.82. The van der Waals surface area contributed by atoms with Gasteiger partial charge in [0.1, 0.15) is 17.6 Å². The maximum Gasteiger partial charge on any atom is 0.263 e. The van der Waals surface area contributed by atoms with E-state index in [1.54, 1.807) is 31.2 Å². The number of carbonyl (C=O) groups excluding carboxylic acids is 4. The predicted octanol–water partition coefficient (Wildman–Crippen LogP) is 0.762. The number of aromatic nitrogens is 1. The molecule has 0 spiro atoms. The second kappa shape index (κ2) is 7.38. The molecule has 3 heterocycles. The SMILES string of the molecule is Cc1cc(NC(=O)COc2ccc3c(c2)CN(C2CCC(=O)NC2=O)C3=O)no1. The number of fused-ring (bicyclic) bond motifs is 1. The first-order valence-electron chi connectivity index (χ1n) is 9.04. The van der Waals surface area contributed by atoms with Crippen molar-refractivity contribution >= 4 is 29.4 Å². The lowest BCUT2D eigenvalue weighted by atomic mass is 10.0. The van der Waals surface area contributed by atoms with E-state index in [0.29, 0.717) is 34.9 Å². The molecular weight excluding hydrogens is 380 g/mol. The van der Waals surface area contributed by atoms with Gasteiger partial charge in [0.25, 0.3) is 11.8 Å². The number of anilines is 1. The molecule has 0 radical (unpaired) electrons. The average molecular weight is 398 g/mol. The zero-order valence-corrected chi connectivity index (χ0v) is 15.6. The van der Waals surface area contributed by atoms with E-state index in [-0.39, 0.29) is 31.4 Å². The van der Waals surface area contributed by atoms with Gasteiger partial charge >= 0.3 is 0 Å². The number of carbonyl (C=O) groups is 4. The second-order valence-electron chi connectivity index (χ2n) is 6.88. The number of nitrogens with zero attached hydrogens (tertiary/aromatic N) is 2. The molecule has 1 saturated heterocycles. The van der Waals surface area contributed by atoms with Gasteiger partial charge in [0, 0.05) is 24.6 Å². The van der Waals surface area contributed by atoms with Gasteiger partial charge in [-0.1, -0.05) is 5.16 Å². The first-order chi connectivity index (χ1) is 13.9. The molecule has 1 atom stereocenters. The molecule has 1 fully saturated rings. The van der Waals surface area contributed by atoms with Crippen molar-refractivity contribution in [3.05, 3.63) is 41.2 Å². The number of ether oxygens (including phenoxy) is 1. The number of amides is 4. The molecule has 4 amide bonds. The molecule has 150 valence electrons. The van der Waals surface area contributed by atoms with E-state index in [4.69, 9.17) is 9.26 Å². The number of aryl methyl sites for hydroxylation is 1. The fourth-order valence-corrected chi connectivity index (χ4v) is 3.39. The molecule has 1 aromatic heterocycles. The van der Waals surface area contributed by atoms with Crippen molar-refractivity contribution in [3.8, 4) is 5.75 Å². The molecule has 0 saturated carbocycles. The topological polar surface area (TPSA) is 131 Å². The maximum absolute atomic E-state index is 12.6. The summed E-state index contributed by atoms with van der Waals surface area (Å²) < 4.78 is 10.4. The summed E-state index contributed by atoms with van der Waals surface area (Å²) in [5, 5.41) is 8.48. The summed E-state index contributed by atoms with van der Waals surface area (Å²) in [7, 11) is 0. The molecule has 2 N–H and O–H groups in total. The third-order valence-electron chi connectivity index (χ3n) is 4.76. The summed E-state index contributed by atoms with van der Waals surface area (Å²) in [5.41, 5.74) is 1.18. The summed E-state index contributed by atoms with van der Waals surface area (Å²) >= 11 is 0.